The van der Waals surface area contributed by atoms with Crippen LogP contribution in [0, 0.1) is 0 Å². The molecule has 2 rings (SSSR count). The van der Waals surface area contributed by atoms with Crippen LogP contribution < -0.4 is 0 Å². The second-order valence-corrected chi connectivity index (χ2v) is 6.23. The Bertz CT molecular complexity index is 312. The SMILES string of the molecule is Clc1cc(Cl)cc(SC2CCCCC2)c1. The quantitative estimate of drug-likeness (QED) is 0.685. The molecule has 0 bridgehead atoms. The van der Waals surface area contributed by atoms with Crippen LogP contribution in [-0.2, 0) is 0 Å². The molecule has 0 spiro atoms. The van der Waals surface area contributed by atoms with E-state index in [0.717, 1.165) is 15.3 Å². The molecule has 0 saturated heterocycles. The van der Waals surface area contributed by atoms with Gasteiger partial charge < -0.3 is 0 Å². The molecule has 0 nitrogen and oxygen atoms in total. The highest BCUT2D eigenvalue weighted by Gasteiger charge is 2.14. The molecule has 0 unspecified atom stereocenters. The van der Waals surface area contributed by atoms with Crippen LogP contribution in [0.1, 0.15) is 32.1 Å². The van der Waals surface area contributed by atoms with Crippen molar-refractivity contribution in [2.45, 2.75) is 42.2 Å². The summed E-state index contributed by atoms with van der Waals surface area (Å²) in [6, 6.07) is 5.80. The van der Waals surface area contributed by atoms with Crippen molar-refractivity contribution < 1.29 is 0 Å². The Balaban J connectivity index is 2.02. The van der Waals surface area contributed by atoms with Gasteiger partial charge in [0.15, 0.2) is 0 Å². The molecule has 0 radical (unpaired) electrons. The summed E-state index contributed by atoms with van der Waals surface area (Å²) in [5.74, 6) is 0. The van der Waals surface area contributed by atoms with Crippen LogP contribution in [-0.4, -0.2) is 5.25 Å². The first-order valence-corrected chi connectivity index (χ1v) is 7.00. The van der Waals surface area contributed by atoms with Crippen molar-refractivity contribution in [1.29, 1.82) is 0 Å². The van der Waals surface area contributed by atoms with Crippen molar-refractivity contribution in [2.75, 3.05) is 0 Å². The van der Waals surface area contributed by atoms with E-state index in [2.05, 4.69) is 0 Å². The van der Waals surface area contributed by atoms with Crippen molar-refractivity contribution in [1.82, 2.24) is 0 Å². The Morgan fingerprint density at radius 2 is 1.53 bits per heavy atom. The first kappa shape index (κ1) is 11.6. The van der Waals surface area contributed by atoms with Crippen LogP contribution in [0.2, 0.25) is 10.0 Å². The number of rotatable bonds is 2. The summed E-state index contributed by atoms with van der Waals surface area (Å²) in [6.07, 6.45) is 6.79. The molecule has 1 fully saturated rings. The molecule has 82 valence electrons. The minimum atomic E-state index is 0.737. The normalized spacial score (nSPS) is 18.0. The molecule has 0 aromatic heterocycles. The lowest BCUT2D eigenvalue weighted by atomic mass is 10.0. The summed E-state index contributed by atoms with van der Waals surface area (Å²) >= 11 is 13.9. The largest absolute Gasteiger partial charge is 0.123 e. The van der Waals surface area contributed by atoms with E-state index in [9.17, 15) is 0 Å². The Kier molecular flexibility index (Phi) is 4.24. The van der Waals surface area contributed by atoms with E-state index in [4.69, 9.17) is 23.2 Å². The first-order chi connectivity index (χ1) is 7.24. The number of halogens is 2. The molecule has 0 N–H and O–H groups in total. The van der Waals surface area contributed by atoms with Gasteiger partial charge in [0.05, 0.1) is 0 Å². The third kappa shape index (κ3) is 3.58. The van der Waals surface area contributed by atoms with Crippen molar-refractivity contribution in [3.05, 3.63) is 28.2 Å². The molecule has 1 aliphatic carbocycles. The van der Waals surface area contributed by atoms with Crippen LogP contribution in [0.3, 0.4) is 0 Å². The summed E-state index contributed by atoms with van der Waals surface area (Å²) in [6.45, 7) is 0. The summed E-state index contributed by atoms with van der Waals surface area (Å²) < 4.78 is 0. The van der Waals surface area contributed by atoms with Gasteiger partial charge in [-0.2, -0.15) is 0 Å². The van der Waals surface area contributed by atoms with Gasteiger partial charge in [0.2, 0.25) is 0 Å². The predicted molar refractivity (Wildman–Crippen MR) is 69.2 cm³/mol. The fourth-order valence-corrected chi connectivity index (χ4v) is 3.97. The van der Waals surface area contributed by atoms with Gasteiger partial charge in [-0.15, -0.1) is 11.8 Å². The van der Waals surface area contributed by atoms with Gasteiger partial charge in [-0.3, -0.25) is 0 Å². The number of thioether (sulfide) groups is 1. The minimum Gasteiger partial charge on any atom is -0.123 e. The van der Waals surface area contributed by atoms with Gasteiger partial charge in [-0.1, -0.05) is 42.5 Å². The molecule has 0 atom stereocenters. The number of hydrogen-bond acceptors (Lipinski definition) is 1. The van der Waals surface area contributed by atoms with Gasteiger partial charge in [-0.25, -0.2) is 0 Å². The maximum atomic E-state index is 5.97. The Morgan fingerprint density at radius 1 is 0.933 bits per heavy atom. The average Bonchev–Trinajstić information content (AvgIpc) is 2.17. The minimum absolute atomic E-state index is 0.737. The third-order valence-corrected chi connectivity index (χ3v) is 4.44. The fraction of sp³-hybridized carbons (Fsp3) is 0.500. The smallest absolute Gasteiger partial charge is 0.0431 e. The van der Waals surface area contributed by atoms with Crippen molar-refractivity contribution in [3.63, 3.8) is 0 Å². The predicted octanol–water partition coefficient (Wildman–Crippen LogP) is 5.42. The highest BCUT2D eigenvalue weighted by molar-refractivity contribution is 8.00. The van der Waals surface area contributed by atoms with Gasteiger partial charge in [-0.05, 0) is 31.0 Å². The maximum absolute atomic E-state index is 5.97. The van der Waals surface area contributed by atoms with Gasteiger partial charge in [0.25, 0.3) is 0 Å². The standard InChI is InChI=1S/C12H14Cl2S/c13-9-6-10(14)8-12(7-9)15-11-4-2-1-3-5-11/h6-8,11H,1-5H2. The van der Waals surface area contributed by atoms with Crippen LogP contribution in [0.4, 0.5) is 0 Å². The Morgan fingerprint density at radius 3 is 2.13 bits per heavy atom. The van der Waals surface area contributed by atoms with Crippen LogP contribution in [0.5, 0.6) is 0 Å². The van der Waals surface area contributed by atoms with Crippen LogP contribution >= 0.6 is 35.0 Å². The second-order valence-electron chi connectivity index (χ2n) is 3.98. The van der Waals surface area contributed by atoms with Crippen LogP contribution in [0.25, 0.3) is 0 Å². The molecule has 0 heterocycles. The van der Waals surface area contributed by atoms with Crippen molar-refractivity contribution >= 4 is 35.0 Å². The van der Waals surface area contributed by atoms with Crippen molar-refractivity contribution in [3.8, 4) is 0 Å². The molecule has 0 aliphatic heterocycles. The van der Waals surface area contributed by atoms with Crippen LogP contribution in [0.15, 0.2) is 23.1 Å². The molecule has 1 aliphatic rings. The summed E-state index contributed by atoms with van der Waals surface area (Å²) in [4.78, 5) is 1.21. The zero-order valence-corrected chi connectivity index (χ0v) is 10.8. The fourth-order valence-electron chi connectivity index (χ4n) is 1.97. The third-order valence-electron chi connectivity index (χ3n) is 2.69. The average molecular weight is 261 g/mol. The van der Waals surface area contributed by atoms with Crippen molar-refractivity contribution in [2.24, 2.45) is 0 Å². The van der Waals surface area contributed by atoms with Gasteiger partial charge >= 0.3 is 0 Å². The topological polar surface area (TPSA) is 0 Å². The first-order valence-electron chi connectivity index (χ1n) is 5.37. The molecule has 1 aromatic carbocycles. The second kappa shape index (κ2) is 5.47. The lowest BCUT2D eigenvalue weighted by Gasteiger charge is -2.21. The summed E-state index contributed by atoms with van der Waals surface area (Å²) in [5, 5.41) is 2.23. The monoisotopic (exact) mass is 260 g/mol. The van der Waals surface area contributed by atoms with E-state index in [1.807, 2.05) is 23.9 Å². The number of benzene rings is 1. The highest BCUT2D eigenvalue weighted by Crippen LogP contribution is 2.35. The molecule has 3 heteroatoms. The van der Waals surface area contributed by atoms with E-state index in [1.165, 1.54) is 37.0 Å². The van der Waals surface area contributed by atoms with E-state index in [-0.39, 0.29) is 0 Å². The highest BCUT2D eigenvalue weighted by atomic mass is 35.5. The molecule has 15 heavy (non-hydrogen) atoms. The molecule has 1 aromatic rings. The number of hydrogen-bond donors (Lipinski definition) is 0. The lowest BCUT2D eigenvalue weighted by molar-refractivity contribution is 0.516. The molecule has 0 amide bonds. The van der Waals surface area contributed by atoms with Gasteiger partial charge in [0, 0.05) is 20.2 Å². The zero-order chi connectivity index (χ0) is 10.7. The zero-order valence-electron chi connectivity index (χ0n) is 8.51. The van der Waals surface area contributed by atoms with E-state index in [1.54, 1.807) is 6.07 Å². The summed E-state index contributed by atoms with van der Waals surface area (Å²) in [7, 11) is 0. The van der Waals surface area contributed by atoms with Gasteiger partial charge in [0.1, 0.15) is 0 Å². The van der Waals surface area contributed by atoms with E-state index in [0.29, 0.717) is 0 Å². The maximum Gasteiger partial charge on any atom is 0.0431 e. The molecular formula is C12H14Cl2S. The molecular weight excluding hydrogens is 247 g/mol. The van der Waals surface area contributed by atoms with E-state index >= 15 is 0 Å². The summed E-state index contributed by atoms with van der Waals surface area (Å²) in [5.41, 5.74) is 0. The van der Waals surface area contributed by atoms with E-state index < -0.39 is 0 Å². The molecule has 1 saturated carbocycles. The lowest BCUT2D eigenvalue weighted by Crippen LogP contribution is -2.07. The Labute approximate surface area is 105 Å². The Hall–Kier alpha value is 0.150.